The first-order valence-electron chi connectivity index (χ1n) is 5.76. The number of hydrogen-bond acceptors (Lipinski definition) is 3. The van der Waals surface area contributed by atoms with E-state index in [1.807, 2.05) is 0 Å². The van der Waals surface area contributed by atoms with E-state index in [0.717, 1.165) is 25.9 Å². The lowest BCUT2D eigenvalue weighted by atomic mass is 10.1. The first-order valence-corrected chi connectivity index (χ1v) is 5.76. The third kappa shape index (κ3) is 4.01. The molecule has 84 valence electrons. The van der Waals surface area contributed by atoms with Crippen molar-refractivity contribution in [2.45, 2.75) is 45.6 Å². The third-order valence-electron chi connectivity index (χ3n) is 2.85. The molecule has 0 bridgehead atoms. The molecule has 0 saturated heterocycles. The van der Waals surface area contributed by atoms with Crippen LogP contribution in [0.25, 0.3) is 0 Å². The quantitative estimate of drug-likeness (QED) is 0.694. The zero-order valence-corrected chi connectivity index (χ0v) is 9.70. The second kappa shape index (κ2) is 5.87. The molecule has 1 aliphatic rings. The van der Waals surface area contributed by atoms with Crippen molar-refractivity contribution in [1.82, 2.24) is 4.90 Å². The predicted molar refractivity (Wildman–Crippen MR) is 59.3 cm³/mol. The van der Waals surface area contributed by atoms with Crippen molar-refractivity contribution >= 4 is 5.78 Å². The number of carbonyl (C=O) groups excluding carboxylic acids is 1. The molecule has 1 rings (SSSR count). The van der Waals surface area contributed by atoms with Crippen LogP contribution >= 0.6 is 0 Å². The Morgan fingerprint density at radius 3 is 2.80 bits per heavy atom. The molecule has 1 unspecified atom stereocenters. The van der Waals surface area contributed by atoms with Crippen molar-refractivity contribution < 1.29 is 4.79 Å². The van der Waals surface area contributed by atoms with E-state index in [9.17, 15) is 4.79 Å². The van der Waals surface area contributed by atoms with E-state index in [2.05, 4.69) is 24.8 Å². The molecule has 0 aromatic heterocycles. The Morgan fingerprint density at radius 1 is 1.60 bits per heavy atom. The third-order valence-corrected chi connectivity index (χ3v) is 2.85. The van der Waals surface area contributed by atoms with Gasteiger partial charge in [-0.3, -0.25) is 9.69 Å². The normalized spacial score (nSPS) is 21.3. The molecule has 1 fully saturated rings. The van der Waals surface area contributed by atoms with Gasteiger partial charge in [0.1, 0.15) is 5.78 Å². The van der Waals surface area contributed by atoms with Crippen molar-refractivity contribution in [3.63, 3.8) is 0 Å². The molecular weight excluding hydrogens is 188 g/mol. The summed E-state index contributed by atoms with van der Waals surface area (Å²) in [5.41, 5.74) is 0. The van der Waals surface area contributed by atoms with Gasteiger partial charge >= 0.3 is 0 Å². The highest BCUT2D eigenvalue weighted by Crippen LogP contribution is 2.21. The van der Waals surface area contributed by atoms with Gasteiger partial charge in [0.2, 0.25) is 0 Å². The maximum Gasteiger partial charge on any atom is 0.134 e. The first kappa shape index (κ1) is 12.2. The molecule has 15 heavy (non-hydrogen) atoms. The van der Waals surface area contributed by atoms with Crippen LogP contribution in [0, 0.1) is 17.2 Å². The van der Waals surface area contributed by atoms with Gasteiger partial charge in [0, 0.05) is 38.4 Å². The maximum atomic E-state index is 11.2. The Morgan fingerprint density at radius 2 is 2.33 bits per heavy atom. The van der Waals surface area contributed by atoms with E-state index < -0.39 is 0 Å². The van der Waals surface area contributed by atoms with Gasteiger partial charge in [0.15, 0.2) is 0 Å². The van der Waals surface area contributed by atoms with Crippen molar-refractivity contribution in [3.05, 3.63) is 0 Å². The van der Waals surface area contributed by atoms with Gasteiger partial charge in [-0.25, -0.2) is 0 Å². The van der Waals surface area contributed by atoms with E-state index in [1.54, 1.807) is 0 Å². The van der Waals surface area contributed by atoms with Gasteiger partial charge in [-0.1, -0.05) is 13.8 Å². The van der Waals surface area contributed by atoms with E-state index in [-0.39, 0.29) is 0 Å². The number of nitriles is 1. The van der Waals surface area contributed by atoms with E-state index in [4.69, 9.17) is 5.26 Å². The number of nitrogens with zero attached hydrogens (tertiary/aromatic N) is 2. The number of rotatable bonds is 5. The largest absolute Gasteiger partial charge is 0.300 e. The van der Waals surface area contributed by atoms with Crippen LogP contribution in [0.5, 0.6) is 0 Å². The lowest BCUT2D eigenvalue weighted by molar-refractivity contribution is -0.117. The molecule has 0 aromatic carbocycles. The number of carbonyl (C=O) groups is 1. The zero-order chi connectivity index (χ0) is 11.3. The van der Waals surface area contributed by atoms with Crippen molar-refractivity contribution in [3.8, 4) is 6.07 Å². The van der Waals surface area contributed by atoms with Gasteiger partial charge < -0.3 is 0 Å². The van der Waals surface area contributed by atoms with E-state index >= 15 is 0 Å². The van der Waals surface area contributed by atoms with Crippen LogP contribution in [0.15, 0.2) is 0 Å². The van der Waals surface area contributed by atoms with Gasteiger partial charge in [-0.15, -0.1) is 0 Å². The molecule has 0 heterocycles. The van der Waals surface area contributed by atoms with Crippen LogP contribution in [-0.2, 0) is 4.79 Å². The average molecular weight is 208 g/mol. The SMILES string of the molecule is CC(C)CN(CCC#N)C1CCC(=O)C1. The number of ketones is 1. The predicted octanol–water partition coefficient (Wildman–Crippen LogP) is 1.98. The summed E-state index contributed by atoms with van der Waals surface area (Å²) in [5.74, 6) is 0.977. The molecular formula is C12H20N2O. The van der Waals surface area contributed by atoms with Gasteiger partial charge in [0.25, 0.3) is 0 Å². The molecule has 3 nitrogen and oxygen atoms in total. The minimum atomic E-state index is 0.380. The van der Waals surface area contributed by atoms with Crippen molar-refractivity contribution in [1.29, 1.82) is 5.26 Å². The van der Waals surface area contributed by atoms with Gasteiger partial charge in [0.05, 0.1) is 6.07 Å². The molecule has 0 N–H and O–H groups in total. The second-order valence-corrected chi connectivity index (χ2v) is 4.73. The molecule has 0 aliphatic heterocycles. The van der Waals surface area contributed by atoms with Crippen LogP contribution in [-0.4, -0.2) is 29.8 Å². The average Bonchev–Trinajstić information content (AvgIpc) is 2.58. The maximum absolute atomic E-state index is 11.2. The van der Waals surface area contributed by atoms with Crippen LogP contribution in [0.1, 0.15) is 39.5 Å². The summed E-state index contributed by atoms with van der Waals surface area (Å²) in [7, 11) is 0. The Bertz CT molecular complexity index is 255. The van der Waals surface area contributed by atoms with Crippen molar-refractivity contribution in [2.24, 2.45) is 5.92 Å². The lowest BCUT2D eigenvalue weighted by Crippen LogP contribution is -2.37. The van der Waals surface area contributed by atoms with E-state index in [0.29, 0.717) is 30.6 Å². The Balaban J connectivity index is 2.47. The zero-order valence-electron chi connectivity index (χ0n) is 9.70. The summed E-state index contributed by atoms with van der Waals surface area (Å²) in [5, 5.41) is 8.60. The Kier molecular flexibility index (Phi) is 4.77. The van der Waals surface area contributed by atoms with Crippen LogP contribution in [0.4, 0.5) is 0 Å². The summed E-state index contributed by atoms with van der Waals surface area (Å²) in [6.07, 6.45) is 2.97. The minimum Gasteiger partial charge on any atom is -0.300 e. The molecule has 0 amide bonds. The molecule has 0 spiro atoms. The molecule has 3 heteroatoms. The van der Waals surface area contributed by atoms with Crippen LogP contribution < -0.4 is 0 Å². The number of Topliss-reactive ketones (excluding diaryl/α,β-unsaturated/α-hetero) is 1. The standard InChI is InChI=1S/C12H20N2O/c1-10(2)9-14(7-3-6-13)11-4-5-12(15)8-11/h10-11H,3-5,7-9H2,1-2H3. The molecule has 0 radical (unpaired) electrons. The highest BCUT2D eigenvalue weighted by molar-refractivity contribution is 5.81. The van der Waals surface area contributed by atoms with Gasteiger partial charge in [-0.2, -0.15) is 5.26 Å². The summed E-state index contributed by atoms with van der Waals surface area (Å²) >= 11 is 0. The summed E-state index contributed by atoms with van der Waals surface area (Å²) in [6, 6.07) is 2.58. The fourth-order valence-electron chi connectivity index (χ4n) is 2.19. The lowest BCUT2D eigenvalue weighted by Gasteiger charge is -2.29. The smallest absolute Gasteiger partial charge is 0.134 e. The first-order chi connectivity index (χ1) is 7.13. The van der Waals surface area contributed by atoms with Gasteiger partial charge in [-0.05, 0) is 12.3 Å². The topological polar surface area (TPSA) is 44.1 Å². The molecule has 0 aromatic rings. The second-order valence-electron chi connectivity index (χ2n) is 4.73. The van der Waals surface area contributed by atoms with Crippen LogP contribution in [0.2, 0.25) is 0 Å². The summed E-state index contributed by atoms with van der Waals surface area (Å²) in [6.45, 7) is 6.17. The molecule has 1 saturated carbocycles. The number of hydrogen-bond donors (Lipinski definition) is 0. The fraction of sp³-hybridized carbons (Fsp3) is 0.833. The Labute approximate surface area is 92.1 Å². The monoisotopic (exact) mass is 208 g/mol. The highest BCUT2D eigenvalue weighted by atomic mass is 16.1. The van der Waals surface area contributed by atoms with E-state index in [1.165, 1.54) is 0 Å². The minimum absolute atomic E-state index is 0.380. The molecule has 1 aliphatic carbocycles. The fourth-order valence-corrected chi connectivity index (χ4v) is 2.19. The molecule has 1 atom stereocenters. The summed E-state index contributed by atoms with van der Waals surface area (Å²) in [4.78, 5) is 13.5. The van der Waals surface area contributed by atoms with Crippen LogP contribution in [0.3, 0.4) is 0 Å². The van der Waals surface area contributed by atoms with Crippen molar-refractivity contribution in [2.75, 3.05) is 13.1 Å². The summed E-state index contributed by atoms with van der Waals surface area (Å²) < 4.78 is 0. The Hall–Kier alpha value is -0.880. The highest BCUT2D eigenvalue weighted by Gasteiger charge is 2.27.